The first-order valence-electron chi connectivity index (χ1n) is 6.50. The van der Waals surface area contributed by atoms with E-state index in [4.69, 9.17) is 9.26 Å². The second kappa shape index (κ2) is 6.47. The molecule has 0 aliphatic heterocycles. The summed E-state index contributed by atoms with van der Waals surface area (Å²) < 4.78 is 23.8. The number of ether oxygens (including phenoxy) is 1. The van der Waals surface area contributed by atoms with E-state index in [2.05, 4.69) is 15.5 Å². The molecule has 2 rings (SSSR count). The van der Waals surface area contributed by atoms with Gasteiger partial charge in [0, 0.05) is 18.5 Å². The molecule has 2 aromatic rings. The molecule has 5 nitrogen and oxygen atoms in total. The molecule has 6 heteroatoms. The summed E-state index contributed by atoms with van der Waals surface area (Å²) in [5.41, 5.74) is 0. The zero-order valence-corrected chi connectivity index (χ0v) is 11.8. The Balaban J connectivity index is 2.00. The third kappa shape index (κ3) is 3.77. The highest BCUT2D eigenvalue weighted by molar-refractivity contribution is 5.22. The first-order chi connectivity index (χ1) is 9.58. The maximum absolute atomic E-state index is 13.1. The van der Waals surface area contributed by atoms with Crippen molar-refractivity contribution in [1.29, 1.82) is 0 Å². The summed E-state index contributed by atoms with van der Waals surface area (Å²) in [6.45, 7) is 3.81. The van der Waals surface area contributed by atoms with Crippen molar-refractivity contribution in [3.05, 3.63) is 41.8 Å². The first kappa shape index (κ1) is 14.5. The smallest absolute Gasteiger partial charge is 0.267 e. The minimum Gasteiger partial charge on any atom is -0.481 e. The standard InChI is InChI=1S/C14H18FN3O2/c1-9(16-3)7-13-17-14(20-18-13)10(2)19-12-6-4-5-11(15)8-12/h4-6,8-10,16H,7H2,1-3H3. The van der Waals surface area contributed by atoms with Crippen molar-refractivity contribution < 1.29 is 13.7 Å². The van der Waals surface area contributed by atoms with Crippen LogP contribution < -0.4 is 10.1 Å². The van der Waals surface area contributed by atoms with Gasteiger partial charge in [0.2, 0.25) is 0 Å². The van der Waals surface area contributed by atoms with Crippen LogP contribution in [0.1, 0.15) is 31.7 Å². The predicted molar refractivity (Wildman–Crippen MR) is 72.0 cm³/mol. The molecule has 0 amide bonds. The second-order valence-corrected chi connectivity index (χ2v) is 4.66. The van der Waals surface area contributed by atoms with Crippen molar-refractivity contribution in [2.24, 2.45) is 0 Å². The number of likely N-dealkylation sites (N-methyl/N-ethyl adjacent to an activating group) is 1. The van der Waals surface area contributed by atoms with Gasteiger partial charge in [-0.15, -0.1) is 0 Å². The summed E-state index contributed by atoms with van der Waals surface area (Å²) in [7, 11) is 1.88. The van der Waals surface area contributed by atoms with E-state index >= 15 is 0 Å². The second-order valence-electron chi connectivity index (χ2n) is 4.66. The molecule has 20 heavy (non-hydrogen) atoms. The van der Waals surface area contributed by atoms with Crippen molar-refractivity contribution in [3.63, 3.8) is 0 Å². The Labute approximate surface area is 117 Å². The van der Waals surface area contributed by atoms with Crippen LogP contribution in [0, 0.1) is 5.82 Å². The molecule has 1 aromatic carbocycles. The van der Waals surface area contributed by atoms with Crippen LogP contribution >= 0.6 is 0 Å². The normalized spacial score (nSPS) is 14.0. The van der Waals surface area contributed by atoms with Crippen LogP contribution in [0.15, 0.2) is 28.8 Å². The topological polar surface area (TPSA) is 60.2 Å². The number of aromatic nitrogens is 2. The van der Waals surface area contributed by atoms with Crippen LogP contribution in [0.4, 0.5) is 4.39 Å². The molecule has 1 heterocycles. The molecule has 0 saturated heterocycles. The molecule has 0 aliphatic rings. The van der Waals surface area contributed by atoms with Crippen LogP contribution in [0.3, 0.4) is 0 Å². The molecule has 108 valence electrons. The molecule has 0 saturated carbocycles. The predicted octanol–water partition coefficient (Wildman–Crippen LogP) is 2.50. The van der Waals surface area contributed by atoms with Gasteiger partial charge in [-0.05, 0) is 33.0 Å². The number of nitrogens with one attached hydrogen (secondary N) is 1. The summed E-state index contributed by atoms with van der Waals surface area (Å²) >= 11 is 0. The van der Waals surface area contributed by atoms with Gasteiger partial charge in [0.1, 0.15) is 11.6 Å². The fraction of sp³-hybridized carbons (Fsp3) is 0.429. The van der Waals surface area contributed by atoms with E-state index in [1.807, 2.05) is 14.0 Å². The molecule has 1 aromatic heterocycles. The quantitative estimate of drug-likeness (QED) is 0.880. The number of nitrogens with zero attached hydrogens (tertiary/aromatic N) is 2. The van der Waals surface area contributed by atoms with Gasteiger partial charge in [-0.1, -0.05) is 11.2 Å². The van der Waals surface area contributed by atoms with Gasteiger partial charge in [-0.25, -0.2) is 4.39 Å². The highest BCUT2D eigenvalue weighted by Gasteiger charge is 2.17. The maximum atomic E-state index is 13.1. The van der Waals surface area contributed by atoms with Crippen LogP contribution in [-0.2, 0) is 6.42 Å². The van der Waals surface area contributed by atoms with E-state index in [1.54, 1.807) is 19.1 Å². The summed E-state index contributed by atoms with van der Waals surface area (Å²) in [5.74, 6) is 1.09. The van der Waals surface area contributed by atoms with Crippen molar-refractivity contribution in [3.8, 4) is 5.75 Å². The zero-order chi connectivity index (χ0) is 14.5. The fourth-order valence-electron chi connectivity index (χ4n) is 1.69. The lowest BCUT2D eigenvalue weighted by Crippen LogP contribution is -2.24. The van der Waals surface area contributed by atoms with Gasteiger partial charge in [-0.2, -0.15) is 4.98 Å². The summed E-state index contributed by atoms with van der Waals surface area (Å²) in [6.07, 6.45) is 0.245. The van der Waals surface area contributed by atoms with Gasteiger partial charge in [0.05, 0.1) is 0 Å². The highest BCUT2D eigenvalue weighted by Crippen LogP contribution is 2.21. The van der Waals surface area contributed by atoms with Crippen LogP contribution in [-0.4, -0.2) is 23.2 Å². The minimum absolute atomic E-state index is 0.264. The molecule has 0 fully saturated rings. The largest absolute Gasteiger partial charge is 0.481 e. The zero-order valence-electron chi connectivity index (χ0n) is 11.8. The Kier molecular flexibility index (Phi) is 4.68. The van der Waals surface area contributed by atoms with E-state index in [1.165, 1.54) is 12.1 Å². The number of benzene rings is 1. The summed E-state index contributed by atoms with van der Waals surface area (Å²) in [6, 6.07) is 6.21. The highest BCUT2D eigenvalue weighted by atomic mass is 19.1. The van der Waals surface area contributed by atoms with Crippen LogP contribution in [0.5, 0.6) is 5.75 Å². The van der Waals surface area contributed by atoms with Gasteiger partial charge in [-0.3, -0.25) is 0 Å². The fourth-order valence-corrected chi connectivity index (χ4v) is 1.69. The number of halogens is 1. The van der Waals surface area contributed by atoms with Crippen molar-refractivity contribution in [2.75, 3.05) is 7.05 Å². The molecule has 2 atom stereocenters. The Morgan fingerprint density at radius 2 is 2.20 bits per heavy atom. The number of rotatable bonds is 6. The van der Waals surface area contributed by atoms with E-state index in [0.29, 0.717) is 23.9 Å². The van der Waals surface area contributed by atoms with Gasteiger partial charge in [0.15, 0.2) is 11.9 Å². The molecule has 0 spiro atoms. The summed E-state index contributed by atoms with van der Waals surface area (Å²) in [4.78, 5) is 4.28. The average molecular weight is 279 g/mol. The molecule has 0 aliphatic carbocycles. The number of hydrogen-bond donors (Lipinski definition) is 1. The van der Waals surface area contributed by atoms with Crippen molar-refractivity contribution in [1.82, 2.24) is 15.5 Å². The van der Waals surface area contributed by atoms with E-state index in [9.17, 15) is 4.39 Å². The van der Waals surface area contributed by atoms with Gasteiger partial charge >= 0.3 is 0 Å². The van der Waals surface area contributed by atoms with Gasteiger partial charge in [0.25, 0.3) is 5.89 Å². The molecule has 2 unspecified atom stereocenters. The lowest BCUT2D eigenvalue weighted by molar-refractivity contribution is 0.175. The molecular weight excluding hydrogens is 261 g/mol. The maximum Gasteiger partial charge on any atom is 0.267 e. The van der Waals surface area contributed by atoms with Crippen LogP contribution in [0.25, 0.3) is 0 Å². The van der Waals surface area contributed by atoms with Crippen molar-refractivity contribution >= 4 is 0 Å². The molecule has 0 radical (unpaired) electrons. The SMILES string of the molecule is CNC(C)Cc1noc(C(C)Oc2cccc(F)c2)n1. The Hall–Kier alpha value is -1.95. The monoisotopic (exact) mass is 279 g/mol. The summed E-state index contributed by atoms with van der Waals surface area (Å²) in [5, 5.41) is 7.01. The minimum atomic E-state index is -0.428. The third-order valence-corrected chi connectivity index (χ3v) is 2.92. The van der Waals surface area contributed by atoms with Gasteiger partial charge < -0.3 is 14.6 Å². The van der Waals surface area contributed by atoms with E-state index < -0.39 is 6.10 Å². The molecule has 0 bridgehead atoms. The van der Waals surface area contributed by atoms with E-state index in [0.717, 1.165) is 0 Å². The Morgan fingerprint density at radius 1 is 1.40 bits per heavy atom. The van der Waals surface area contributed by atoms with Crippen LogP contribution in [0.2, 0.25) is 0 Å². The third-order valence-electron chi connectivity index (χ3n) is 2.92. The molecular formula is C14H18FN3O2. The average Bonchev–Trinajstić information content (AvgIpc) is 2.87. The lowest BCUT2D eigenvalue weighted by Gasteiger charge is -2.10. The molecule has 1 N–H and O–H groups in total. The Morgan fingerprint density at radius 3 is 2.90 bits per heavy atom. The van der Waals surface area contributed by atoms with Crippen molar-refractivity contribution in [2.45, 2.75) is 32.4 Å². The number of hydrogen-bond acceptors (Lipinski definition) is 5. The van der Waals surface area contributed by atoms with E-state index in [-0.39, 0.29) is 11.9 Å². The lowest BCUT2D eigenvalue weighted by atomic mass is 10.2. The Bertz CT molecular complexity index is 559. The first-order valence-corrected chi connectivity index (χ1v) is 6.50.